The predicted molar refractivity (Wildman–Crippen MR) is 107 cm³/mol. The SMILES string of the molecule is CCN(CC)c1ccnc(C(=O)N2CCN(c3cccc(Cl)c3)CC2)c1. The molecule has 0 radical (unpaired) electrons. The van der Waals surface area contributed by atoms with Crippen molar-refractivity contribution in [3.63, 3.8) is 0 Å². The van der Waals surface area contributed by atoms with Crippen LogP contribution < -0.4 is 9.80 Å². The van der Waals surface area contributed by atoms with Crippen molar-refractivity contribution in [1.82, 2.24) is 9.88 Å². The maximum absolute atomic E-state index is 12.9. The molecule has 1 aromatic heterocycles. The molecule has 1 fully saturated rings. The minimum atomic E-state index is 0.00440. The van der Waals surface area contributed by atoms with E-state index < -0.39 is 0 Å². The number of benzene rings is 1. The van der Waals surface area contributed by atoms with E-state index in [4.69, 9.17) is 11.6 Å². The van der Waals surface area contributed by atoms with Gasteiger partial charge in [0.15, 0.2) is 0 Å². The Kier molecular flexibility index (Phi) is 5.99. The molecule has 26 heavy (non-hydrogen) atoms. The van der Waals surface area contributed by atoms with Gasteiger partial charge in [0.1, 0.15) is 5.69 Å². The number of amides is 1. The van der Waals surface area contributed by atoms with Gasteiger partial charge in [0.25, 0.3) is 5.91 Å². The molecule has 0 unspecified atom stereocenters. The van der Waals surface area contributed by atoms with Crippen molar-refractivity contribution in [2.45, 2.75) is 13.8 Å². The molecule has 1 aliphatic rings. The minimum Gasteiger partial charge on any atom is -0.372 e. The second-order valence-corrected chi connectivity index (χ2v) is 6.77. The van der Waals surface area contributed by atoms with E-state index in [-0.39, 0.29) is 5.91 Å². The van der Waals surface area contributed by atoms with Crippen LogP contribution in [-0.4, -0.2) is 55.1 Å². The quantitative estimate of drug-likeness (QED) is 0.804. The van der Waals surface area contributed by atoms with E-state index in [9.17, 15) is 4.79 Å². The summed E-state index contributed by atoms with van der Waals surface area (Å²) in [5.41, 5.74) is 2.67. The Morgan fingerprint density at radius 1 is 1.12 bits per heavy atom. The van der Waals surface area contributed by atoms with Gasteiger partial charge in [0.05, 0.1) is 0 Å². The molecule has 0 spiro atoms. The molecule has 1 amide bonds. The number of halogens is 1. The van der Waals surface area contributed by atoms with Crippen LogP contribution in [0, 0.1) is 0 Å². The third-order valence-electron chi connectivity index (χ3n) is 4.83. The van der Waals surface area contributed by atoms with Crippen LogP contribution in [0.15, 0.2) is 42.6 Å². The average Bonchev–Trinajstić information content (AvgIpc) is 2.69. The number of nitrogens with zero attached hydrogens (tertiary/aromatic N) is 4. The van der Waals surface area contributed by atoms with E-state index in [1.54, 1.807) is 6.20 Å². The summed E-state index contributed by atoms with van der Waals surface area (Å²) in [7, 11) is 0. The van der Waals surface area contributed by atoms with Crippen LogP contribution in [-0.2, 0) is 0 Å². The van der Waals surface area contributed by atoms with Crippen molar-refractivity contribution in [2.75, 3.05) is 49.1 Å². The van der Waals surface area contributed by atoms with E-state index in [2.05, 4.69) is 34.7 Å². The van der Waals surface area contributed by atoms with Crippen molar-refractivity contribution in [3.05, 3.63) is 53.3 Å². The summed E-state index contributed by atoms with van der Waals surface area (Å²) in [6.45, 7) is 8.99. The summed E-state index contributed by atoms with van der Waals surface area (Å²) in [5.74, 6) is 0.00440. The van der Waals surface area contributed by atoms with Crippen LogP contribution in [0.2, 0.25) is 5.02 Å². The van der Waals surface area contributed by atoms with Crippen molar-refractivity contribution in [1.29, 1.82) is 0 Å². The fraction of sp³-hybridized carbons (Fsp3) is 0.400. The van der Waals surface area contributed by atoms with E-state index in [0.717, 1.165) is 42.6 Å². The molecule has 6 heteroatoms. The van der Waals surface area contributed by atoms with Crippen LogP contribution in [0.1, 0.15) is 24.3 Å². The topological polar surface area (TPSA) is 39.7 Å². The molecule has 2 heterocycles. The van der Waals surface area contributed by atoms with Crippen LogP contribution in [0.5, 0.6) is 0 Å². The molecule has 0 saturated carbocycles. The van der Waals surface area contributed by atoms with Crippen molar-refractivity contribution in [3.8, 4) is 0 Å². The maximum Gasteiger partial charge on any atom is 0.272 e. The van der Waals surface area contributed by atoms with Crippen LogP contribution in [0.4, 0.5) is 11.4 Å². The van der Waals surface area contributed by atoms with Crippen LogP contribution in [0.3, 0.4) is 0 Å². The summed E-state index contributed by atoms with van der Waals surface area (Å²) >= 11 is 6.08. The smallest absolute Gasteiger partial charge is 0.272 e. The van der Waals surface area contributed by atoms with Crippen molar-refractivity contribution >= 4 is 28.9 Å². The third kappa shape index (κ3) is 4.10. The minimum absolute atomic E-state index is 0.00440. The number of piperazine rings is 1. The van der Waals surface area contributed by atoms with E-state index >= 15 is 0 Å². The summed E-state index contributed by atoms with van der Waals surface area (Å²) in [5, 5.41) is 0.735. The Hall–Kier alpha value is -2.27. The number of aromatic nitrogens is 1. The second-order valence-electron chi connectivity index (χ2n) is 6.33. The standard InChI is InChI=1S/C20H25ClN4O/c1-3-23(4-2)18-8-9-22-19(15-18)20(26)25-12-10-24(11-13-25)17-7-5-6-16(21)14-17/h5-9,14-15H,3-4,10-13H2,1-2H3. The summed E-state index contributed by atoms with van der Waals surface area (Å²) in [4.78, 5) is 23.5. The van der Waals surface area contributed by atoms with Crippen molar-refractivity contribution < 1.29 is 4.79 Å². The molecule has 0 bridgehead atoms. The summed E-state index contributed by atoms with van der Waals surface area (Å²) in [6.07, 6.45) is 1.73. The largest absolute Gasteiger partial charge is 0.372 e. The maximum atomic E-state index is 12.9. The highest BCUT2D eigenvalue weighted by atomic mass is 35.5. The van der Waals surface area contributed by atoms with Crippen molar-refractivity contribution in [2.24, 2.45) is 0 Å². The normalized spacial score (nSPS) is 14.4. The summed E-state index contributed by atoms with van der Waals surface area (Å²) in [6, 6.07) is 11.7. The van der Waals surface area contributed by atoms with Gasteiger partial charge in [-0.05, 0) is 44.2 Å². The number of anilines is 2. The number of carbonyl (C=O) groups is 1. The lowest BCUT2D eigenvalue weighted by atomic mass is 10.2. The van der Waals surface area contributed by atoms with Gasteiger partial charge in [-0.1, -0.05) is 17.7 Å². The fourth-order valence-electron chi connectivity index (χ4n) is 3.32. The lowest BCUT2D eigenvalue weighted by molar-refractivity contribution is 0.0741. The number of hydrogen-bond donors (Lipinski definition) is 0. The monoisotopic (exact) mass is 372 g/mol. The Labute approximate surface area is 160 Å². The molecule has 1 aliphatic heterocycles. The fourth-order valence-corrected chi connectivity index (χ4v) is 3.51. The lowest BCUT2D eigenvalue weighted by Gasteiger charge is -2.36. The Bertz CT molecular complexity index is 755. The van der Waals surface area contributed by atoms with Gasteiger partial charge in [-0.2, -0.15) is 0 Å². The lowest BCUT2D eigenvalue weighted by Crippen LogP contribution is -2.49. The van der Waals surface area contributed by atoms with Gasteiger partial charge in [-0.25, -0.2) is 0 Å². The van der Waals surface area contributed by atoms with Gasteiger partial charge < -0.3 is 14.7 Å². The Morgan fingerprint density at radius 3 is 2.50 bits per heavy atom. The highest BCUT2D eigenvalue weighted by Gasteiger charge is 2.23. The predicted octanol–water partition coefficient (Wildman–Crippen LogP) is 3.54. The zero-order valence-electron chi connectivity index (χ0n) is 15.4. The molecular weight excluding hydrogens is 348 g/mol. The Morgan fingerprint density at radius 2 is 1.85 bits per heavy atom. The summed E-state index contributed by atoms with van der Waals surface area (Å²) < 4.78 is 0. The van der Waals surface area contributed by atoms with E-state index in [1.165, 1.54) is 0 Å². The molecule has 1 saturated heterocycles. The highest BCUT2D eigenvalue weighted by Crippen LogP contribution is 2.21. The number of pyridine rings is 1. The molecule has 2 aromatic rings. The first-order valence-electron chi connectivity index (χ1n) is 9.13. The molecule has 0 atom stereocenters. The highest BCUT2D eigenvalue weighted by molar-refractivity contribution is 6.30. The molecule has 3 rings (SSSR count). The third-order valence-corrected chi connectivity index (χ3v) is 5.07. The van der Waals surface area contributed by atoms with Gasteiger partial charge in [0, 0.05) is 61.9 Å². The molecule has 138 valence electrons. The second kappa shape index (κ2) is 8.41. The molecule has 5 nitrogen and oxygen atoms in total. The van der Waals surface area contributed by atoms with E-state index in [0.29, 0.717) is 18.8 Å². The first kappa shape index (κ1) is 18.5. The van der Waals surface area contributed by atoms with Gasteiger partial charge in [-0.15, -0.1) is 0 Å². The van der Waals surface area contributed by atoms with Gasteiger partial charge >= 0.3 is 0 Å². The molecule has 0 aliphatic carbocycles. The van der Waals surface area contributed by atoms with Gasteiger partial charge in [0.2, 0.25) is 0 Å². The van der Waals surface area contributed by atoms with Gasteiger partial charge in [-0.3, -0.25) is 9.78 Å². The molecule has 1 aromatic carbocycles. The van der Waals surface area contributed by atoms with E-state index in [1.807, 2.05) is 35.2 Å². The Balaban J connectivity index is 1.66. The number of carbonyl (C=O) groups excluding carboxylic acids is 1. The number of hydrogen-bond acceptors (Lipinski definition) is 4. The zero-order chi connectivity index (χ0) is 18.5. The number of rotatable bonds is 5. The zero-order valence-corrected chi connectivity index (χ0v) is 16.1. The first-order chi connectivity index (χ1) is 12.6. The first-order valence-corrected chi connectivity index (χ1v) is 9.51. The van der Waals surface area contributed by atoms with Crippen LogP contribution >= 0.6 is 11.6 Å². The van der Waals surface area contributed by atoms with Crippen LogP contribution in [0.25, 0.3) is 0 Å². The molecular formula is C20H25ClN4O. The average molecular weight is 373 g/mol. The molecule has 0 N–H and O–H groups in total.